The van der Waals surface area contributed by atoms with Gasteiger partial charge in [-0.05, 0) is 42.3 Å². The van der Waals surface area contributed by atoms with Gasteiger partial charge in [-0.15, -0.1) is 0 Å². The Labute approximate surface area is 233 Å². The number of carbonyl (C=O) groups is 1. The standard InChI is InChI=1S/C29H35ClN6O3/c1-3-21-4-6-22(7-5-21)28(38)35-14-16-36(17-15-35)29-31-24(19-27(37)32-29)20-33-10-12-34(13-11-33)25-18-23(30)8-9-26(25)39-2/h4-9,18-19H,3,10-17,20H2,1-2H3,(H,31,32,37). The van der Waals surface area contributed by atoms with Gasteiger partial charge in [0, 0.05) is 75.6 Å². The van der Waals surface area contributed by atoms with E-state index in [1.54, 1.807) is 13.2 Å². The fourth-order valence-corrected chi connectivity index (χ4v) is 5.36. The van der Waals surface area contributed by atoms with Crippen molar-refractivity contribution in [1.82, 2.24) is 19.8 Å². The summed E-state index contributed by atoms with van der Waals surface area (Å²) in [5.74, 6) is 1.42. The zero-order valence-corrected chi connectivity index (χ0v) is 23.3. The van der Waals surface area contributed by atoms with Crippen LogP contribution in [0.15, 0.2) is 53.3 Å². The molecule has 0 spiro atoms. The van der Waals surface area contributed by atoms with E-state index in [1.165, 1.54) is 5.56 Å². The van der Waals surface area contributed by atoms with Crippen LogP contribution in [0, 0.1) is 0 Å². The van der Waals surface area contributed by atoms with Gasteiger partial charge in [0.15, 0.2) is 0 Å². The molecule has 0 atom stereocenters. The fraction of sp³-hybridized carbons (Fsp3) is 0.414. The topological polar surface area (TPSA) is 85.0 Å². The van der Waals surface area contributed by atoms with E-state index < -0.39 is 0 Å². The highest BCUT2D eigenvalue weighted by Crippen LogP contribution is 2.32. The molecule has 0 bridgehead atoms. The summed E-state index contributed by atoms with van der Waals surface area (Å²) in [5.41, 5.74) is 3.51. The number of hydrogen-bond donors (Lipinski definition) is 1. The molecule has 3 aromatic rings. The second-order valence-electron chi connectivity index (χ2n) is 9.97. The molecule has 39 heavy (non-hydrogen) atoms. The van der Waals surface area contributed by atoms with E-state index in [0.29, 0.717) is 49.3 Å². The smallest absolute Gasteiger partial charge is 0.253 e. The maximum Gasteiger partial charge on any atom is 0.253 e. The Morgan fingerprint density at radius 3 is 2.31 bits per heavy atom. The maximum absolute atomic E-state index is 12.9. The minimum atomic E-state index is -0.160. The molecule has 9 nitrogen and oxygen atoms in total. The van der Waals surface area contributed by atoms with Crippen LogP contribution in [0.3, 0.4) is 0 Å². The number of aromatic nitrogens is 2. The summed E-state index contributed by atoms with van der Waals surface area (Å²) < 4.78 is 5.52. The first-order valence-electron chi connectivity index (χ1n) is 13.5. The van der Waals surface area contributed by atoms with Crippen molar-refractivity contribution in [3.05, 3.63) is 80.7 Å². The van der Waals surface area contributed by atoms with Crippen molar-refractivity contribution in [2.24, 2.45) is 0 Å². The number of piperazine rings is 2. The van der Waals surface area contributed by atoms with Crippen LogP contribution in [-0.4, -0.2) is 85.1 Å². The monoisotopic (exact) mass is 550 g/mol. The van der Waals surface area contributed by atoms with Gasteiger partial charge in [0.1, 0.15) is 5.75 Å². The summed E-state index contributed by atoms with van der Waals surface area (Å²) in [4.78, 5) is 41.6. The number of ether oxygens (including phenoxy) is 1. The highest BCUT2D eigenvalue weighted by molar-refractivity contribution is 6.30. The molecule has 1 aromatic heterocycles. The lowest BCUT2D eigenvalue weighted by Gasteiger charge is -2.37. The second kappa shape index (κ2) is 12.1. The zero-order chi connectivity index (χ0) is 27.4. The summed E-state index contributed by atoms with van der Waals surface area (Å²) in [6, 6.07) is 15.1. The maximum atomic E-state index is 12.9. The van der Waals surface area contributed by atoms with Crippen LogP contribution in [0.1, 0.15) is 28.5 Å². The summed E-state index contributed by atoms with van der Waals surface area (Å²) in [6.45, 7) is 8.41. The summed E-state index contributed by atoms with van der Waals surface area (Å²) >= 11 is 6.23. The number of benzene rings is 2. The van der Waals surface area contributed by atoms with Gasteiger partial charge in [-0.3, -0.25) is 19.5 Å². The van der Waals surface area contributed by atoms with Gasteiger partial charge in [-0.2, -0.15) is 0 Å². The minimum Gasteiger partial charge on any atom is -0.495 e. The van der Waals surface area contributed by atoms with Crippen molar-refractivity contribution >= 4 is 29.1 Å². The molecule has 5 rings (SSSR count). The van der Waals surface area contributed by atoms with Crippen molar-refractivity contribution in [3.63, 3.8) is 0 Å². The van der Waals surface area contributed by atoms with Crippen LogP contribution >= 0.6 is 11.6 Å². The van der Waals surface area contributed by atoms with Crippen molar-refractivity contribution in [3.8, 4) is 5.75 Å². The van der Waals surface area contributed by atoms with Crippen LogP contribution in [-0.2, 0) is 13.0 Å². The van der Waals surface area contributed by atoms with Crippen LogP contribution in [0.5, 0.6) is 5.75 Å². The van der Waals surface area contributed by atoms with Gasteiger partial charge < -0.3 is 19.4 Å². The molecule has 2 aromatic carbocycles. The number of anilines is 2. The van der Waals surface area contributed by atoms with Gasteiger partial charge in [-0.25, -0.2) is 4.98 Å². The number of carbonyl (C=O) groups excluding carboxylic acids is 1. The third-order valence-corrected chi connectivity index (χ3v) is 7.73. The molecule has 10 heteroatoms. The summed E-state index contributed by atoms with van der Waals surface area (Å²) in [7, 11) is 1.67. The second-order valence-corrected chi connectivity index (χ2v) is 10.4. The predicted molar refractivity (Wildman–Crippen MR) is 154 cm³/mol. The normalized spacial score (nSPS) is 16.4. The molecule has 3 heterocycles. The highest BCUT2D eigenvalue weighted by atomic mass is 35.5. The van der Waals surface area contributed by atoms with Crippen LogP contribution in [0.2, 0.25) is 5.02 Å². The van der Waals surface area contributed by atoms with Gasteiger partial charge in [0.05, 0.1) is 18.5 Å². The Morgan fingerprint density at radius 1 is 0.949 bits per heavy atom. The van der Waals surface area contributed by atoms with E-state index >= 15 is 0 Å². The van der Waals surface area contributed by atoms with Crippen molar-refractivity contribution in [2.75, 3.05) is 69.3 Å². The molecule has 206 valence electrons. The van der Waals surface area contributed by atoms with Crippen LogP contribution in [0.4, 0.5) is 11.6 Å². The molecular weight excluding hydrogens is 516 g/mol. The number of aromatic amines is 1. The first-order chi connectivity index (χ1) is 18.9. The van der Waals surface area contributed by atoms with E-state index in [1.807, 2.05) is 47.4 Å². The predicted octanol–water partition coefficient (Wildman–Crippen LogP) is 3.28. The average molecular weight is 551 g/mol. The minimum absolute atomic E-state index is 0.0436. The van der Waals surface area contributed by atoms with Crippen molar-refractivity contribution < 1.29 is 9.53 Å². The molecule has 0 radical (unpaired) electrons. The lowest BCUT2D eigenvalue weighted by atomic mass is 10.1. The zero-order valence-electron chi connectivity index (χ0n) is 22.5. The van der Waals surface area contributed by atoms with E-state index in [9.17, 15) is 9.59 Å². The Balaban J connectivity index is 1.17. The molecule has 2 aliphatic rings. The third-order valence-electron chi connectivity index (χ3n) is 7.50. The number of amides is 1. The first-order valence-corrected chi connectivity index (χ1v) is 13.9. The van der Waals surface area contributed by atoms with Gasteiger partial charge in [0.25, 0.3) is 11.5 Å². The molecule has 0 aliphatic carbocycles. The molecule has 0 unspecified atom stereocenters. The van der Waals surface area contributed by atoms with Gasteiger partial charge in [-0.1, -0.05) is 30.7 Å². The molecule has 1 N–H and O–H groups in total. The number of hydrogen-bond acceptors (Lipinski definition) is 7. The molecular formula is C29H35ClN6O3. The third kappa shape index (κ3) is 6.37. The van der Waals surface area contributed by atoms with Crippen molar-refractivity contribution in [1.29, 1.82) is 0 Å². The van der Waals surface area contributed by atoms with E-state index in [0.717, 1.165) is 49.7 Å². The van der Waals surface area contributed by atoms with Crippen LogP contribution < -0.4 is 20.1 Å². The average Bonchev–Trinajstić information content (AvgIpc) is 2.97. The van der Waals surface area contributed by atoms with Crippen molar-refractivity contribution in [2.45, 2.75) is 19.9 Å². The van der Waals surface area contributed by atoms with E-state index in [-0.39, 0.29) is 11.5 Å². The number of aryl methyl sites for hydroxylation is 1. The molecule has 1 amide bonds. The largest absolute Gasteiger partial charge is 0.495 e. The lowest BCUT2D eigenvalue weighted by Crippen LogP contribution is -2.49. The first kappa shape index (κ1) is 27.0. The lowest BCUT2D eigenvalue weighted by molar-refractivity contribution is 0.0746. The number of rotatable bonds is 7. The SMILES string of the molecule is CCc1ccc(C(=O)N2CCN(c3nc(CN4CCN(c5cc(Cl)ccc5OC)CC4)cc(=O)[nH]3)CC2)cc1. The highest BCUT2D eigenvalue weighted by Gasteiger charge is 2.25. The molecule has 2 aliphatic heterocycles. The number of methoxy groups -OCH3 is 1. The molecule has 2 fully saturated rings. The van der Waals surface area contributed by atoms with Gasteiger partial charge >= 0.3 is 0 Å². The Kier molecular flexibility index (Phi) is 8.38. The van der Waals surface area contributed by atoms with Gasteiger partial charge in [0.2, 0.25) is 5.95 Å². The fourth-order valence-electron chi connectivity index (χ4n) is 5.20. The number of H-pyrrole nitrogens is 1. The Hall–Kier alpha value is -3.56. The number of nitrogens with zero attached hydrogens (tertiary/aromatic N) is 5. The quantitative estimate of drug-likeness (QED) is 0.483. The number of halogens is 1. The Morgan fingerprint density at radius 2 is 1.64 bits per heavy atom. The molecule has 0 saturated carbocycles. The summed E-state index contributed by atoms with van der Waals surface area (Å²) in [5, 5.41) is 0.685. The Bertz CT molecular complexity index is 1350. The number of nitrogens with one attached hydrogen (secondary N) is 1. The van der Waals surface area contributed by atoms with E-state index in [4.69, 9.17) is 21.3 Å². The van der Waals surface area contributed by atoms with Crippen LogP contribution in [0.25, 0.3) is 0 Å². The van der Waals surface area contributed by atoms with E-state index in [2.05, 4.69) is 26.6 Å². The molecule has 2 saturated heterocycles. The summed E-state index contributed by atoms with van der Waals surface area (Å²) in [6.07, 6.45) is 0.950.